The van der Waals surface area contributed by atoms with Crippen molar-refractivity contribution in [1.29, 1.82) is 0 Å². The third kappa shape index (κ3) is 5.91. The number of piperidine rings is 1. The third-order valence-corrected chi connectivity index (χ3v) is 7.16. The van der Waals surface area contributed by atoms with Gasteiger partial charge in [0.15, 0.2) is 0 Å². The molecule has 3 heterocycles. The number of benzene rings is 2. The van der Waals surface area contributed by atoms with Crippen molar-refractivity contribution in [2.45, 2.75) is 50.6 Å². The van der Waals surface area contributed by atoms with Crippen molar-refractivity contribution in [3.05, 3.63) is 71.0 Å². The number of carbonyl (C=O) groups excluding carboxylic acids is 1. The van der Waals surface area contributed by atoms with E-state index in [9.17, 15) is 27.5 Å². The zero-order valence-electron chi connectivity index (χ0n) is 20.8. The van der Waals surface area contributed by atoms with Crippen molar-refractivity contribution < 1.29 is 32.2 Å². The van der Waals surface area contributed by atoms with Crippen molar-refractivity contribution in [3.63, 3.8) is 0 Å². The quantitative estimate of drug-likeness (QED) is 0.445. The molecule has 2 aromatic carbocycles. The van der Waals surface area contributed by atoms with E-state index < -0.39 is 29.6 Å². The number of halogens is 4. The number of hydrogen-bond donors (Lipinski definition) is 1. The minimum Gasteiger partial charge on any atom is -0.393 e. The van der Waals surface area contributed by atoms with Crippen LogP contribution in [0.2, 0.25) is 0 Å². The maximum absolute atomic E-state index is 14.0. The number of hydrogen-bond acceptors (Lipinski definition) is 5. The van der Waals surface area contributed by atoms with E-state index in [1.807, 2.05) is 11.0 Å². The van der Waals surface area contributed by atoms with Gasteiger partial charge in [0.2, 0.25) is 0 Å². The lowest BCUT2D eigenvalue weighted by Crippen LogP contribution is -2.39. The molecule has 2 saturated heterocycles. The van der Waals surface area contributed by atoms with Gasteiger partial charge in [-0.05, 0) is 68.1 Å². The van der Waals surface area contributed by atoms with Crippen LogP contribution in [0.3, 0.4) is 0 Å². The topological polar surface area (TPSA) is 65.9 Å². The lowest BCUT2D eigenvalue weighted by atomic mass is 10.0. The monoisotopic (exact) mass is 531 g/mol. The van der Waals surface area contributed by atoms with Crippen LogP contribution >= 0.6 is 0 Å². The van der Waals surface area contributed by atoms with Crippen LogP contribution in [0.4, 0.5) is 23.4 Å². The summed E-state index contributed by atoms with van der Waals surface area (Å²) in [4.78, 5) is 22.0. The highest BCUT2D eigenvalue weighted by molar-refractivity contribution is 5.94. The minimum atomic E-state index is -4.49. The number of pyridine rings is 1. The van der Waals surface area contributed by atoms with E-state index in [4.69, 9.17) is 9.72 Å². The average molecular weight is 532 g/mol. The molecule has 2 aliphatic rings. The standard InChI is InChI=1S/C28H29F4N3O3/c29-22-8-5-19-14-20(26(33-25(19)15-22)34-11-9-23(36)10-12-34)16-35(17-24-2-1-13-38-24)27(37)18-3-6-21(7-4-18)28(30,31)32/h3-8,14-15,23-24,36H,1-2,9-13,16-17H2. The molecule has 6 nitrogen and oxygen atoms in total. The molecule has 5 rings (SSSR count). The number of amides is 1. The molecule has 1 amide bonds. The average Bonchev–Trinajstić information content (AvgIpc) is 3.41. The molecule has 0 saturated carbocycles. The second-order valence-electron chi connectivity index (χ2n) is 9.92. The van der Waals surface area contributed by atoms with Crippen molar-refractivity contribution in [2.75, 3.05) is 31.1 Å². The first kappa shape index (κ1) is 26.4. The fraction of sp³-hybridized carbons (Fsp3) is 0.429. The van der Waals surface area contributed by atoms with Crippen LogP contribution in [-0.2, 0) is 17.5 Å². The Balaban J connectivity index is 1.50. The van der Waals surface area contributed by atoms with Gasteiger partial charge in [-0.2, -0.15) is 13.2 Å². The van der Waals surface area contributed by atoms with E-state index in [-0.39, 0.29) is 24.8 Å². The first-order valence-electron chi connectivity index (χ1n) is 12.8. The number of nitrogens with zero attached hydrogens (tertiary/aromatic N) is 3. The van der Waals surface area contributed by atoms with Gasteiger partial charge in [-0.1, -0.05) is 0 Å². The van der Waals surface area contributed by atoms with Crippen molar-refractivity contribution in [1.82, 2.24) is 9.88 Å². The van der Waals surface area contributed by atoms with Gasteiger partial charge in [0.05, 0.1) is 23.3 Å². The molecule has 0 aliphatic carbocycles. The number of anilines is 1. The highest BCUT2D eigenvalue weighted by Gasteiger charge is 2.31. The highest BCUT2D eigenvalue weighted by Crippen LogP contribution is 2.31. The van der Waals surface area contributed by atoms with Gasteiger partial charge in [-0.3, -0.25) is 4.79 Å². The maximum Gasteiger partial charge on any atom is 0.416 e. The van der Waals surface area contributed by atoms with Crippen LogP contribution in [0.5, 0.6) is 0 Å². The Morgan fingerprint density at radius 3 is 2.47 bits per heavy atom. The zero-order valence-corrected chi connectivity index (χ0v) is 20.8. The summed E-state index contributed by atoms with van der Waals surface area (Å²) in [6, 6.07) is 10.4. The molecular formula is C28H29F4N3O3. The number of rotatable bonds is 6. The zero-order chi connectivity index (χ0) is 26.9. The summed E-state index contributed by atoms with van der Waals surface area (Å²) < 4.78 is 59.0. The molecule has 202 valence electrons. The molecule has 1 unspecified atom stereocenters. The normalized spacial score (nSPS) is 18.8. The third-order valence-electron chi connectivity index (χ3n) is 7.16. The van der Waals surface area contributed by atoms with Gasteiger partial charge in [0.25, 0.3) is 5.91 Å². The molecule has 1 atom stereocenters. The largest absolute Gasteiger partial charge is 0.416 e. The molecule has 0 spiro atoms. The van der Waals surface area contributed by atoms with Crippen LogP contribution in [0.1, 0.15) is 47.2 Å². The lowest BCUT2D eigenvalue weighted by Gasteiger charge is -2.33. The second-order valence-corrected chi connectivity index (χ2v) is 9.92. The summed E-state index contributed by atoms with van der Waals surface area (Å²) in [5.74, 6) is -0.212. The summed E-state index contributed by atoms with van der Waals surface area (Å²) >= 11 is 0. The summed E-state index contributed by atoms with van der Waals surface area (Å²) in [6.07, 6.45) is -2.29. The SMILES string of the molecule is O=C(c1ccc(C(F)(F)F)cc1)N(Cc1cc2ccc(F)cc2nc1N1CCC(O)CC1)CC1CCCO1. The van der Waals surface area contributed by atoms with Crippen LogP contribution in [0, 0.1) is 5.82 Å². The number of fused-ring (bicyclic) bond motifs is 1. The molecular weight excluding hydrogens is 502 g/mol. The van der Waals surface area contributed by atoms with Crippen molar-refractivity contribution in [2.24, 2.45) is 0 Å². The van der Waals surface area contributed by atoms with E-state index in [1.165, 1.54) is 24.3 Å². The summed E-state index contributed by atoms with van der Waals surface area (Å²) in [5, 5.41) is 10.7. The molecule has 1 N–H and O–H groups in total. The smallest absolute Gasteiger partial charge is 0.393 e. The molecule has 38 heavy (non-hydrogen) atoms. The van der Waals surface area contributed by atoms with Crippen LogP contribution in [0.25, 0.3) is 10.9 Å². The number of alkyl halides is 3. The van der Waals surface area contributed by atoms with Gasteiger partial charge in [-0.15, -0.1) is 0 Å². The van der Waals surface area contributed by atoms with Gasteiger partial charge in [0.1, 0.15) is 11.6 Å². The van der Waals surface area contributed by atoms with E-state index in [0.29, 0.717) is 49.3 Å². The number of aromatic nitrogens is 1. The van der Waals surface area contributed by atoms with Gasteiger partial charge in [0, 0.05) is 55.4 Å². The molecule has 0 radical (unpaired) electrons. The van der Waals surface area contributed by atoms with Crippen LogP contribution < -0.4 is 4.90 Å². The van der Waals surface area contributed by atoms with E-state index in [1.54, 1.807) is 11.0 Å². The van der Waals surface area contributed by atoms with Gasteiger partial charge >= 0.3 is 6.18 Å². The van der Waals surface area contributed by atoms with E-state index >= 15 is 0 Å². The van der Waals surface area contributed by atoms with Crippen LogP contribution in [0.15, 0.2) is 48.5 Å². The van der Waals surface area contributed by atoms with E-state index in [2.05, 4.69) is 0 Å². The Morgan fingerprint density at radius 1 is 1.08 bits per heavy atom. The molecule has 3 aromatic rings. The van der Waals surface area contributed by atoms with Crippen molar-refractivity contribution >= 4 is 22.6 Å². The van der Waals surface area contributed by atoms with Gasteiger partial charge in [-0.25, -0.2) is 9.37 Å². The number of aliphatic hydroxyl groups excluding tert-OH is 1. The first-order valence-corrected chi connectivity index (χ1v) is 12.8. The summed E-state index contributed by atoms with van der Waals surface area (Å²) in [6.45, 7) is 2.13. The predicted octanol–water partition coefficient (Wildman–Crippen LogP) is 5.18. The number of carbonyl (C=O) groups is 1. The Bertz CT molecular complexity index is 1280. The molecule has 0 bridgehead atoms. The first-order chi connectivity index (χ1) is 18.2. The Morgan fingerprint density at radius 2 is 1.82 bits per heavy atom. The fourth-order valence-corrected chi connectivity index (χ4v) is 5.09. The van der Waals surface area contributed by atoms with E-state index in [0.717, 1.165) is 30.5 Å². The van der Waals surface area contributed by atoms with Crippen LogP contribution in [-0.4, -0.2) is 59.3 Å². The number of aliphatic hydroxyl groups is 1. The van der Waals surface area contributed by atoms with Crippen molar-refractivity contribution in [3.8, 4) is 0 Å². The second kappa shape index (κ2) is 10.9. The lowest BCUT2D eigenvalue weighted by molar-refractivity contribution is -0.137. The molecule has 2 fully saturated rings. The van der Waals surface area contributed by atoms with Gasteiger partial charge < -0.3 is 19.6 Å². The maximum atomic E-state index is 14.0. The Labute approximate surface area is 217 Å². The Kier molecular flexibility index (Phi) is 7.54. The molecule has 10 heteroatoms. The molecule has 2 aliphatic heterocycles. The Hall–Kier alpha value is -3.24. The fourth-order valence-electron chi connectivity index (χ4n) is 5.09. The minimum absolute atomic E-state index is 0.147. The number of ether oxygens (including phenoxy) is 1. The predicted molar refractivity (Wildman–Crippen MR) is 134 cm³/mol. The summed E-state index contributed by atoms with van der Waals surface area (Å²) in [7, 11) is 0. The molecule has 1 aromatic heterocycles. The summed E-state index contributed by atoms with van der Waals surface area (Å²) in [5.41, 5.74) is 0.545. The highest BCUT2D eigenvalue weighted by atomic mass is 19.4.